The molecule has 2 rings (SSSR count). The molecule has 0 saturated carbocycles. The predicted molar refractivity (Wildman–Crippen MR) is 96.1 cm³/mol. The number of ether oxygens (including phenoxy) is 1. The van der Waals surface area contributed by atoms with E-state index >= 15 is 0 Å². The number of anilines is 1. The first-order valence-corrected chi connectivity index (χ1v) is 8.51. The standard InChI is InChI=1S/C18H27N3O4/c1-13(17(22)23)11-20(2)18(24)19-10-14-7-8-21(12-14)15-5-4-6-16(9-15)25-3/h4-6,9,13-14H,7-8,10-12H2,1-3H3,(H,19,24)(H,22,23). The van der Waals surface area contributed by atoms with Crippen molar-refractivity contribution in [3.8, 4) is 5.75 Å². The van der Waals surface area contributed by atoms with Crippen molar-refractivity contribution in [3.63, 3.8) is 0 Å². The first-order chi connectivity index (χ1) is 11.9. The Morgan fingerprint density at radius 1 is 1.48 bits per heavy atom. The Bertz CT molecular complexity index is 608. The van der Waals surface area contributed by atoms with Crippen molar-refractivity contribution in [1.82, 2.24) is 10.2 Å². The second-order valence-corrected chi connectivity index (χ2v) is 6.61. The zero-order chi connectivity index (χ0) is 18.4. The number of nitrogens with zero attached hydrogens (tertiary/aromatic N) is 2. The summed E-state index contributed by atoms with van der Waals surface area (Å²) in [6.07, 6.45) is 1.01. The van der Waals surface area contributed by atoms with Gasteiger partial charge in [0, 0.05) is 45.0 Å². The lowest BCUT2D eigenvalue weighted by atomic mass is 10.1. The Morgan fingerprint density at radius 2 is 2.24 bits per heavy atom. The van der Waals surface area contributed by atoms with Crippen LogP contribution in [0.1, 0.15) is 13.3 Å². The molecule has 7 nitrogen and oxygen atoms in total. The van der Waals surface area contributed by atoms with Gasteiger partial charge in [-0.1, -0.05) is 13.0 Å². The van der Waals surface area contributed by atoms with Gasteiger partial charge < -0.3 is 25.0 Å². The molecule has 7 heteroatoms. The van der Waals surface area contributed by atoms with Crippen molar-refractivity contribution in [2.75, 3.05) is 45.2 Å². The quantitative estimate of drug-likeness (QED) is 0.785. The summed E-state index contributed by atoms with van der Waals surface area (Å²) in [7, 11) is 3.27. The highest BCUT2D eigenvalue weighted by Gasteiger charge is 2.24. The topological polar surface area (TPSA) is 82.1 Å². The third-order valence-corrected chi connectivity index (χ3v) is 4.56. The molecule has 2 amide bonds. The van der Waals surface area contributed by atoms with Crippen molar-refractivity contribution in [2.24, 2.45) is 11.8 Å². The van der Waals surface area contributed by atoms with Gasteiger partial charge in [0.15, 0.2) is 0 Å². The van der Waals surface area contributed by atoms with E-state index in [1.165, 1.54) is 4.90 Å². The van der Waals surface area contributed by atoms with E-state index in [-0.39, 0.29) is 12.6 Å². The molecule has 1 saturated heterocycles. The maximum atomic E-state index is 12.1. The van der Waals surface area contributed by atoms with E-state index in [9.17, 15) is 9.59 Å². The second-order valence-electron chi connectivity index (χ2n) is 6.61. The first kappa shape index (κ1) is 18.9. The van der Waals surface area contributed by atoms with Crippen LogP contribution in [-0.2, 0) is 4.79 Å². The molecule has 25 heavy (non-hydrogen) atoms. The zero-order valence-electron chi connectivity index (χ0n) is 15.1. The fourth-order valence-corrected chi connectivity index (χ4v) is 2.98. The molecule has 1 aliphatic heterocycles. The lowest BCUT2D eigenvalue weighted by molar-refractivity contribution is -0.141. The van der Waals surface area contributed by atoms with E-state index in [2.05, 4.69) is 16.3 Å². The summed E-state index contributed by atoms with van der Waals surface area (Å²) in [4.78, 5) is 26.7. The van der Waals surface area contributed by atoms with Crippen LogP contribution < -0.4 is 15.0 Å². The molecule has 138 valence electrons. The van der Waals surface area contributed by atoms with Crippen molar-refractivity contribution in [2.45, 2.75) is 13.3 Å². The number of hydrogen-bond acceptors (Lipinski definition) is 4. The van der Waals surface area contributed by atoms with Crippen LogP contribution in [0.15, 0.2) is 24.3 Å². The van der Waals surface area contributed by atoms with Crippen molar-refractivity contribution >= 4 is 17.7 Å². The van der Waals surface area contributed by atoms with Gasteiger partial charge in [0.1, 0.15) is 5.75 Å². The summed E-state index contributed by atoms with van der Waals surface area (Å²) in [6.45, 7) is 4.20. The van der Waals surface area contributed by atoms with Crippen molar-refractivity contribution in [3.05, 3.63) is 24.3 Å². The van der Waals surface area contributed by atoms with E-state index < -0.39 is 11.9 Å². The highest BCUT2D eigenvalue weighted by molar-refractivity contribution is 5.75. The summed E-state index contributed by atoms with van der Waals surface area (Å²) >= 11 is 0. The Hall–Kier alpha value is -2.44. The maximum Gasteiger partial charge on any atom is 0.317 e. The smallest absolute Gasteiger partial charge is 0.317 e. The third kappa shape index (κ3) is 5.27. The Morgan fingerprint density at radius 3 is 2.92 bits per heavy atom. The zero-order valence-corrected chi connectivity index (χ0v) is 15.1. The molecule has 0 aromatic heterocycles. The average molecular weight is 349 g/mol. The Balaban J connectivity index is 1.79. The normalized spacial score (nSPS) is 17.9. The number of methoxy groups -OCH3 is 1. The fourth-order valence-electron chi connectivity index (χ4n) is 2.98. The van der Waals surface area contributed by atoms with Crippen LogP contribution in [0.3, 0.4) is 0 Å². The lowest BCUT2D eigenvalue weighted by Crippen LogP contribution is -2.42. The number of amides is 2. The first-order valence-electron chi connectivity index (χ1n) is 8.51. The molecule has 0 radical (unpaired) electrons. The van der Waals surface area contributed by atoms with Gasteiger partial charge in [-0.3, -0.25) is 4.79 Å². The molecular formula is C18H27N3O4. The summed E-state index contributed by atoms with van der Waals surface area (Å²) in [6, 6.07) is 7.74. The van der Waals surface area contributed by atoms with Crippen molar-refractivity contribution in [1.29, 1.82) is 0 Å². The summed E-state index contributed by atoms with van der Waals surface area (Å²) in [5.74, 6) is -0.265. The van der Waals surface area contributed by atoms with Crippen LogP contribution in [-0.4, -0.2) is 62.3 Å². The number of urea groups is 1. The highest BCUT2D eigenvalue weighted by Crippen LogP contribution is 2.26. The van der Waals surface area contributed by atoms with Crippen LogP contribution in [0.5, 0.6) is 5.75 Å². The monoisotopic (exact) mass is 349 g/mol. The third-order valence-electron chi connectivity index (χ3n) is 4.56. The number of carbonyl (C=O) groups is 2. The minimum Gasteiger partial charge on any atom is -0.497 e. The Kier molecular flexibility index (Phi) is 6.50. The molecular weight excluding hydrogens is 322 g/mol. The number of carbonyl (C=O) groups excluding carboxylic acids is 1. The van der Waals surface area contributed by atoms with Crippen LogP contribution in [0.4, 0.5) is 10.5 Å². The maximum absolute atomic E-state index is 12.1. The van der Waals surface area contributed by atoms with Crippen LogP contribution >= 0.6 is 0 Å². The molecule has 2 unspecified atom stereocenters. The number of rotatable bonds is 7. The summed E-state index contributed by atoms with van der Waals surface area (Å²) in [5, 5.41) is 11.8. The van der Waals surface area contributed by atoms with Gasteiger partial charge in [0.05, 0.1) is 13.0 Å². The number of carboxylic acid groups (broad SMARTS) is 1. The molecule has 1 heterocycles. The molecule has 0 bridgehead atoms. The number of aliphatic carboxylic acids is 1. The fraction of sp³-hybridized carbons (Fsp3) is 0.556. The molecule has 1 aliphatic rings. The number of carboxylic acids is 1. The highest BCUT2D eigenvalue weighted by atomic mass is 16.5. The predicted octanol–water partition coefficient (Wildman–Crippen LogP) is 1.88. The molecule has 2 N–H and O–H groups in total. The van der Waals surface area contributed by atoms with E-state index in [0.29, 0.717) is 12.5 Å². The molecule has 1 fully saturated rings. The van der Waals surface area contributed by atoms with Gasteiger partial charge in [0.25, 0.3) is 0 Å². The number of hydrogen-bond donors (Lipinski definition) is 2. The van der Waals surface area contributed by atoms with Gasteiger partial charge in [0.2, 0.25) is 0 Å². The lowest BCUT2D eigenvalue weighted by Gasteiger charge is -2.22. The summed E-state index contributed by atoms with van der Waals surface area (Å²) < 4.78 is 5.26. The largest absolute Gasteiger partial charge is 0.497 e. The Labute approximate surface area is 148 Å². The summed E-state index contributed by atoms with van der Waals surface area (Å²) in [5.41, 5.74) is 1.13. The minimum atomic E-state index is -0.899. The van der Waals surface area contributed by atoms with E-state index in [4.69, 9.17) is 9.84 Å². The molecule has 2 atom stereocenters. The van der Waals surface area contributed by atoms with Gasteiger partial charge >= 0.3 is 12.0 Å². The molecule has 0 spiro atoms. The van der Waals surface area contributed by atoms with Gasteiger partial charge in [-0.15, -0.1) is 0 Å². The number of benzene rings is 1. The average Bonchev–Trinajstić information content (AvgIpc) is 3.08. The molecule has 1 aromatic rings. The number of nitrogens with one attached hydrogen (secondary N) is 1. The van der Waals surface area contributed by atoms with Crippen molar-refractivity contribution < 1.29 is 19.4 Å². The van der Waals surface area contributed by atoms with E-state index in [0.717, 1.165) is 30.9 Å². The molecule has 1 aromatic carbocycles. The van der Waals surface area contributed by atoms with Crippen LogP contribution in [0, 0.1) is 11.8 Å². The van der Waals surface area contributed by atoms with Gasteiger partial charge in [-0.05, 0) is 24.5 Å². The SMILES string of the molecule is COc1cccc(N2CCC(CNC(=O)N(C)CC(C)C(=O)O)C2)c1. The second kappa shape index (κ2) is 8.60. The molecule has 0 aliphatic carbocycles. The van der Waals surface area contributed by atoms with E-state index in [1.54, 1.807) is 21.1 Å². The van der Waals surface area contributed by atoms with E-state index in [1.807, 2.05) is 18.2 Å². The van der Waals surface area contributed by atoms with Crippen LogP contribution in [0.25, 0.3) is 0 Å². The van der Waals surface area contributed by atoms with Gasteiger partial charge in [-0.2, -0.15) is 0 Å². The minimum absolute atomic E-state index is 0.196. The van der Waals surface area contributed by atoms with Crippen LogP contribution in [0.2, 0.25) is 0 Å². The van der Waals surface area contributed by atoms with Gasteiger partial charge in [-0.25, -0.2) is 4.79 Å².